The Kier molecular flexibility index (Phi) is 3.78. The van der Waals surface area contributed by atoms with Gasteiger partial charge in [0.25, 0.3) is 0 Å². The predicted octanol–water partition coefficient (Wildman–Crippen LogP) is 1.95. The van der Waals surface area contributed by atoms with Crippen molar-refractivity contribution in [2.75, 3.05) is 0 Å². The fraction of sp³-hybridized carbons (Fsp3) is 0.100. The van der Waals surface area contributed by atoms with Crippen LogP contribution in [-0.4, -0.2) is 10.8 Å². The number of Topliss-reactive ketones (excluding diaryl/α,β-unsaturated/α-hetero) is 1. The Morgan fingerprint density at radius 3 is 2.40 bits per heavy atom. The molecule has 0 aliphatic carbocycles. The highest BCUT2D eigenvalue weighted by Gasteiger charge is 2.21. The Balaban J connectivity index is 2.99. The third-order valence-corrected chi connectivity index (χ3v) is 2.29. The molecular formula is C10H7ClN2OS. The number of nitrogens with zero attached hydrogens (tertiary/aromatic N) is 1. The lowest BCUT2D eigenvalue weighted by atomic mass is 9.99. The zero-order valence-corrected chi connectivity index (χ0v) is 9.18. The predicted molar refractivity (Wildman–Crippen MR) is 61.7 cm³/mol. The fourth-order valence-corrected chi connectivity index (χ4v) is 1.32. The zero-order chi connectivity index (χ0) is 11.4. The van der Waals surface area contributed by atoms with Crippen molar-refractivity contribution in [2.45, 2.75) is 0 Å². The van der Waals surface area contributed by atoms with Crippen LogP contribution in [0.2, 0.25) is 5.02 Å². The van der Waals surface area contributed by atoms with E-state index in [0.717, 1.165) is 0 Å². The van der Waals surface area contributed by atoms with Crippen LogP contribution in [-0.2, 0) is 0 Å². The number of nitrogens with two attached hydrogens (primary N) is 1. The summed E-state index contributed by atoms with van der Waals surface area (Å²) in [5.74, 6) is -1.47. The van der Waals surface area contributed by atoms with E-state index in [-0.39, 0.29) is 4.99 Å². The lowest BCUT2D eigenvalue weighted by Gasteiger charge is -2.05. The van der Waals surface area contributed by atoms with E-state index in [1.54, 1.807) is 18.2 Å². The van der Waals surface area contributed by atoms with Crippen LogP contribution in [0, 0.1) is 17.2 Å². The lowest BCUT2D eigenvalue weighted by Crippen LogP contribution is -2.27. The molecule has 1 unspecified atom stereocenters. The summed E-state index contributed by atoms with van der Waals surface area (Å²) in [6.07, 6.45) is 0. The highest BCUT2D eigenvalue weighted by Crippen LogP contribution is 2.13. The molecule has 0 saturated carbocycles. The van der Waals surface area contributed by atoms with Crippen LogP contribution in [0.1, 0.15) is 10.4 Å². The zero-order valence-electron chi connectivity index (χ0n) is 7.61. The number of hydrogen-bond donors (Lipinski definition) is 1. The van der Waals surface area contributed by atoms with E-state index in [1.807, 2.05) is 0 Å². The van der Waals surface area contributed by atoms with Crippen LogP contribution in [0.5, 0.6) is 0 Å². The number of carbonyl (C=O) groups is 1. The second-order valence-corrected chi connectivity index (χ2v) is 3.74. The first kappa shape index (κ1) is 11.6. The van der Waals surface area contributed by atoms with Crippen LogP contribution in [0.25, 0.3) is 0 Å². The molecule has 76 valence electrons. The summed E-state index contributed by atoms with van der Waals surface area (Å²) in [6.45, 7) is 0. The molecule has 2 N–H and O–H groups in total. The highest BCUT2D eigenvalue weighted by atomic mass is 35.5. The van der Waals surface area contributed by atoms with Crippen molar-refractivity contribution < 1.29 is 4.79 Å². The van der Waals surface area contributed by atoms with E-state index in [1.165, 1.54) is 12.1 Å². The SMILES string of the molecule is N#CC(C(=O)c1ccc(Cl)cc1)C(N)=S. The Morgan fingerprint density at radius 1 is 1.47 bits per heavy atom. The molecule has 1 aromatic rings. The van der Waals surface area contributed by atoms with Gasteiger partial charge in [0.2, 0.25) is 0 Å². The van der Waals surface area contributed by atoms with Gasteiger partial charge >= 0.3 is 0 Å². The van der Waals surface area contributed by atoms with Crippen molar-refractivity contribution in [2.24, 2.45) is 11.7 Å². The van der Waals surface area contributed by atoms with Crippen LogP contribution in [0.15, 0.2) is 24.3 Å². The Bertz CT molecular complexity index is 436. The monoisotopic (exact) mass is 238 g/mol. The van der Waals surface area contributed by atoms with Crippen molar-refractivity contribution in [3.63, 3.8) is 0 Å². The lowest BCUT2D eigenvalue weighted by molar-refractivity contribution is 0.0975. The maximum Gasteiger partial charge on any atom is 0.186 e. The van der Waals surface area contributed by atoms with Gasteiger partial charge in [-0.15, -0.1) is 0 Å². The topological polar surface area (TPSA) is 66.9 Å². The van der Waals surface area contributed by atoms with Crippen molar-refractivity contribution in [1.82, 2.24) is 0 Å². The molecule has 1 aromatic carbocycles. The summed E-state index contributed by atoms with van der Waals surface area (Å²) >= 11 is 10.3. The normalized spacial score (nSPS) is 11.5. The maximum absolute atomic E-state index is 11.7. The molecule has 0 aliphatic heterocycles. The number of thiocarbonyl (C=S) groups is 1. The van der Waals surface area contributed by atoms with E-state index in [2.05, 4.69) is 12.2 Å². The molecule has 5 heteroatoms. The minimum Gasteiger partial charge on any atom is -0.392 e. The number of halogens is 1. The Hall–Kier alpha value is -1.44. The fourth-order valence-electron chi connectivity index (χ4n) is 1.03. The molecule has 0 saturated heterocycles. The molecule has 0 aliphatic rings. The van der Waals surface area contributed by atoms with Gasteiger partial charge in [0, 0.05) is 10.6 Å². The molecule has 0 aromatic heterocycles. The van der Waals surface area contributed by atoms with Crippen molar-refractivity contribution in [1.29, 1.82) is 5.26 Å². The number of benzene rings is 1. The molecule has 0 spiro atoms. The van der Waals surface area contributed by atoms with Gasteiger partial charge in [-0.2, -0.15) is 5.26 Å². The van der Waals surface area contributed by atoms with Gasteiger partial charge in [0.15, 0.2) is 11.7 Å². The second-order valence-electron chi connectivity index (χ2n) is 2.84. The van der Waals surface area contributed by atoms with E-state index >= 15 is 0 Å². The minimum atomic E-state index is -1.07. The number of hydrogen-bond acceptors (Lipinski definition) is 3. The maximum atomic E-state index is 11.7. The third-order valence-electron chi connectivity index (χ3n) is 1.80. The summed E-state index contributed by atoms with van der Waals surface area (Å²) in [6, 6.07) is 7.98. The number of carbonyl (C=O) groups excluding carboxylic acids is 1. The third kappa shape index (κ3) is 2.75. The standard InChI is InChI=1S/C10H7ClN2OS/c11-7-3-1-6(2-4-7)9(14)8(5-12)10(13)15/h1-4,8H,(H2,13,15). The summed E-state index contributed by atoms with van der Waals surface area (Å²) in [4.78, 5) is 11.6. The molecule has 0 bridgehead atoms. The molecule has 1 rings (SSSR count). The largest absolute Gasteiger partial charge is 0.392 e. The first-order valence-electron chi connectivity index (χ1n) is 4.05. The molecule has 0 fully saturated rings. The van der Waals surface area contributed by atoms with E-state index in [0.29, 0.717) is 10.6 Å². The summed E-state index contributed by atoms with van der Waals surface area (Å²) in [5.41, 5.74) is 5.65. The van der Waals surface area contributed by atoms with Crippen LogP contribution >= 0.6 is 23.8 Å². The molecular weight excluding hydrogens is 232 g/mol. The molecule has 1 atom stereocenters. The number of rotatable bonds is 3. The minimum absolute atomic E-state index is 0.113. The average molecular weight is 239 g/mol. The summed E-state index contributed by atoms with van der Waals surface area (Å²) in [7, 11) is 0. The van der Waals surface area contributed by atoms with E-state index < -0.39 is 11.7 Å². The highest BCUT2D eigenvalue weighted by molar-refractivity contribution is 7.80. The van der Waals surface area contributed by atoms with Crippen molar-refractivity contribution >= 4 is 34.6 Å². The summed E-state index contributed by atoms with van der Waals surface area (Å²) < 4.78 is 0. The number of nitriles is 1. The van der Waals surface area contributed by atoms with Gasteiger partial charge in [0.05, 0.1) is 11.1 Å². The van der Waals surface area contributed by atoms with Gasteiger partial charge in [-0.1, -0.05) is 23.8 Å². The van der Waals surface area contributed by atoms with Gasteiger partial charge in [-0.25, -0.2) is 0 Å². The smallest absolute Gasteiger partial charge is 0.186 e. The van der Waals surface area contributed by atoms with E-state index in [9.17, 15) is 4.79 Å². The second kappa shape index (κ2) is 4.87. The van der Waals surface area contributed by atoms with Crippen LogP contribution in [0.3, 0.4) is 0 Å². The van der Waals surface area contributed by atoms with Gasteiger partial charge < -0.3 is 5.73 Å². The Labute approximate surface area is 97.4 Å². The molecule has 3 nitrogen and oxygen atoms in total. The molecule has 0 amide bonds. The number of ketones is 1. The van der Waals surface area contributed by atoms with Gasteiger partial charge in [-0.05, 0) is 24.3 Å². The first-order chi connectivity index (χ1) is 7.06. The molecule has 0 heterocycles. The first-order valence-corrected chi connectivity index (χ1v) is 4.83. The van der Waals surface area contributed by atoms with Crippen LogP contribution < -0.4 is 5.73 Å². The quantitative estimate of drug-likeness (QED) is 0.646. The van der Waals surface area contributed by atoms with Gasteiger partial charge in [0.1, 0.15) is 0 Å². The van der Waals surface area contributed by atoms with E-state index in [4.69, 9.17) is 22.6 Å². The van der Waals surface area contributed by atoms with Crippen LogP contribution in [0.4, 0.5) is 0 Å². The van der Waals surface area contributed by atoms with Gasteiger partial charge in [-0.3, -0.25) is 4.79 Å². The molecule has 0 radical (unpaired) electrons. The van der Waals surface area contributed by atoms with Crippen molar-refractivity contribution in [3.8, 4) is 6.07 Å². The average Bonchev–Trinajstić information content (AvgIpc) is 2.19. The Morgan fingerprint density at radius 2 is 2.00 bits per heavy atom. The van der Waals surface area contributed by atoms with Crippen molar-refractivity contribution in [3.05, 3.63) is 34.9 Å². The molecule has 15 heavy (non-hydrogen) atoms. The summed E-state index contributed by atoms with van der Waals surface area (Å²) in [5, 5.41) is 9.24.